The summed E-state index contributed by atoms with van der Waals surface area (Å²) in [6, 6.07) is 15.6. The van der Waals surface area contributed by atoms with E-state index >= 15 is 0 Å². The first-order valence-corrected chi connectivity index (χ1v) is 10.6. The van der Waals surface area contributed by atoms with Gasteiger partial charge < -0.3 is 9.64 Å². The molecule has 0 aromatic heterocycles. The van der Waals surface area contributed by atoms with Gasteiger partial charge in [-0.1, -0.05) is 30.3 Å². The van der Waals surface area contributed by atoms with Crippen molar-refractivity contribution in [1.82, 2.24) is 4.90 Å². The van der Waals surface area contributed by atoms with Crippen molar-refractivity contribution in [2.24, 2.45) is 0 Å². The molecule has 6 heteroatoms. The normalized spacial score (nSPS) is 16.1. The third kappa shape index (κ3) is 4.43. The van der Waals surface area contributed by atoms with Gasteiger partial charge in [0.15, 0.2) is 9.84 Å². The van der Waals surface area contributed by atoms with Crippen molar-refractivity contribution < 1.29 is 17.9 Å². The second kappa shape index (κ2) is 7.91. The van der Waals surface area contributed by atoms with Crippen LogP contribution in [0, 0.1) is 0 Å². The van der Waals surface area contributed by atoms with E-state index < -0.39 is 15.9 Å². The molecular formula is C20H23NO4S. The standard InChI is InChI=1S/C20H23NO4S/c1-26(23,24)18-12-10-17(11-13-18)25-19(16-8-4-2-5-9-16)20(22)21-14-6-3-7-15-21/h2,4-5,8-13,19H,3,6-7,14-15H2,1H3. The minimum Gasteiger partial charge on any atom is -0.476 e. The van der Waals surface area contributed by atoms with Gasteiger partial charge in [-0.25, -0.2) is 8.42 Å². The highest BCUT2D eigenvalue weighted by molar-refractivity contribution is 7.90. The summed E-state index contributed by atoms with van der Waals surface area (Å²) in [5.41, 5.74) is 0.787. The molecule has 1 unspecified atom stereocenters. The van der Waals surface area contributed by atoms with Crippen LogP contribution >= 0.6 is 0 Å². The average molecular weight is 373 g/mol. The molecule has 0 saturated carbocycles. The quantitative estimate of drug-likeness (QED) is 0.807. The third-order valence-corrected chi connectivity index (χ3v) is 5.63. The van der Waals surface area contributed by atoms with Crippen LogP contribution in [0.5, 0.6) is 5.75 Å². The van der Waals surface area contributed by atoms with Crippen molar-refractivity contribution in [3.8, 4) is 5.75 Å². The highest BCUT2D eigenvalue weighted by Gasteiger charge is 2.28. The molecular weight excluding hydrogens is 350 g/mol. The van der Waals surface area contributed by atoms with Crippen LogP contribution in [0.1, 0.15) is 30.9 Å². The summed E-state index contributed by atoms with van der Waals surface area (Å²) in [5, 5.41) is 0. The largest absolute Gasteiger partial charge is 0.476 e. The lowest BCUT2D eigenvalue weighted by atomic mass is 10.1. The number of hydrogen-bond acceptors (Lipinski definition) is 4. The number of carbonyl (C=O) groups excluding carboxylic acids is 1. The topological polar surface area (TPSA) is 63.7 Å². The minimum atomic E-state index is -3.26. The Morgan fingerprint density at radius 1 is 0.962 bits per heavy atom. The summed E-state index contributed by atoms with van der Waals surface area (Å²) in [7, 11) is -3.26. The molecule has 2 aromatic carbocycles. The van der Waals surface area contributed by atoms with E-state index in [4.69, 9.17) is 4.74 Å². The molecule has 1 amide bonds. The van der Waals surface area contributed by atoms with Crippen LogP contribution in [0.25, 0.3) is 0 Å². The summed E-state index contributed by atoms with van der Waals surface area (Å²) in [6.45, 7) is 1.50. The number of nitrogens with zero attached hydrogens (tertiary/aromatic N) is 1. The fourth-order valence-corrected chi connectivity index (χ4v) is 3.70. The van der Waals surface area contributed by atoms with Gasteiger partial charge in [0.25, 0.3) is 5.91 Å². The van der Waals surface area contributed by atoms with Crippen molar-refractivity contribution in [1.29, 1.82) is 0 Å². The maximum absolute atomic E-state index is 13.0. The van der Waals surface area contributed by atoms with Crippen molar-refractivity contribution in [2.45, 2.75) is 30.3 Å². The predicted molar refractivity (Wildman–Crippen MR) is 99.8 cm³/mol. The fraction of sp³-hybridized carbons (Fsp3) is 0.350. The summed E-state index contributed by atoms with van der Waals surface area (Å²) in [6.07, 6.45) is 3.59. The average Bonchev–Trinajstić information content (AvgIpc) is 2.66. The Balaban J connectivity index is 1.85. The molecule has 1 saturated heterocycles. The van der Waals surface area contributed by atoms with Gasteiger partial charge in [-0.05, 0) is 43.5 Å². The molecule has 1 fully saturated rings. The number of amides is 1. The maximum atomic E-state index is 13.0. The van der Waals surface area contributed by atoms with Gasteiger partial charge in [-0.15, -0.1) is 0 Å². The number of carbonyl (C=O) groups is 1. The fourth-order valence-electron chi connectivity index (χ4n) is 3.07. The van der Waals surface area contributed by atoms with Crippen LogP contribution in [-0.4, -0.2) is 38.6 Å². The van der Waals surface area contributed by atoms with Gasteiger partial charge in [0, 0.05) is 24.9 Å². The van der Waals surface area contributed by atoms with Crippen LogP contribution in [0.15, 0.2) is 59.5 Å². The van der Waals surface area contributed by atoms with E-state index in [1.165, 1.54) is 12.1 Å². The summed E-state index contributed by atoms with van der Waals surface area (Å²) >= 11 is 0. The van der Waals surface area contributed by atoms with Crippen molar-refractivity contribution >= 4 is 15.7 Å². The Morgan fingerprint density at radius 3 is 2.15 bits per heavy atom. The summed E-state index contributed by atoms with van der Waals surface area (Å²) in [4.78, 5) is 15.1. The second-order valence-corrected chi connectivity index (χ2v) is 8.55. The van der Waals surface area contributed by atoms with E-state index in [2.05, 4.69) is 0 Å². The summed E-state index contributed by atoms with van der Waals surface area (Å²) < 4.78 is 29.2. The molecule has 138 valence electrons. The van der Waals surface area contributed by atoms with Gasteiger partial charge in [0.1, 0.15) is 5.75 Å². The Hall–Kier alpha value is -2.34. The minimum absolute atomic E-state index is 0.0527. The highest BCUT2D eigenvalue weighted by atomic mass is 32.2. The number of sulfone groups is 1. The Labute approximate surface area is 154 Å². The van der Waals surface area contributed by atoms with Crippen molar-refractivity contribution in [3.05, 3.63) is 60.2 Å². The van der Waals surface area contributed by atoms with E-state index in [0.29, 0.717) is 5.75 Å². The van der Waals surface area contributed by atoms with Gasteiger partial charge in [0.2, 0.25) is 6.10 Å². The molecule has 1 heterocycles. The Kier molecular flexibility index (Phi) is 5.61. The number of benzene rings is 2. The van der Waals surface area contributed by atoms with Crippen LogP contribution in [0.4, 0.5) is 0 Å². The third-order valence-electron chi connectivity index (χ3n) is 4.50. The molecule has 0 bridgehead atoms. The highest BCUT2D eigenvalue weighted by Crippen LogP contribution is 2.26. The number of piperidine rings is 1. The molecule has 1 aliphatic heterocycles. The van der Waals surface area contributed by atoms with Gasteiger partial charge in [0.05, 0.1) is 4.90 Å². The van der Waals surface area contributed by atoms with Crippen LogP contribution in [0.2, 0.25) is 0 Å². The molecule has 1 aliphatic rings. The smallest absolute Gasteiger partial charge is 0.268 e. The Morgan fingerprint density at radius 2 is 1.58 bits per heavy atom. The van der Waals surface area contributed by atoms with Crippen LogP contribution < -0.4 is 4.74 Å². The van der Waals surface area contributed by atoms with E-state index in [0.717, 1.165) is 44.2 Å². The van der Waals surface area contributed by atoms with Gasteiger partial charge in [-0.2, -0.15) is 0 Å². The molecule has 26 heavy (non-hydrogen) atoms. The molecule has 0 radical (unpaired) electrons. The van der Waals surface area contributed by atoms with E-state index in [1.54, 1.807) is 12.1 Å². The van der Waals surface area contributed by atoms with Gasteiger partial charge in [-0.3, -0.25) is 4.79 Å². The number of likely N-dealkylation sites (tertiary alicyclic amines) is 1. The first-order valence-electron chi connectivity index (χ1n) is 8.76. The zero-order valence-electron chi connectivity index (χ0n) is 14.8. The number of hydrogen-bond donors (Lipinski definition) is 0. The van der Waals surface area contributed by atoms with Crippen LogP contribution in [-0.2, 0) is 14.6 Å². The Bertz CT molecular complexity index is 841. The van der Waals surface area contributed by atoms with Gasteiger partial charge >= 0.3 is 0 Å². The lowest BCUT2D eigenvalue weighted by Gasteiger charge is -2.30. The maximum Gasteiger partial charge on any atom is 0.268 e. The molecule has 5 nitrogen and oxygen atoms in total. The lowest BCUT2D eigenvalue weighted by molar-refractivity contribution is -0.140. The van der Waals surface area contributed by atoms with E-state index in [1.807, 2.05) is 35.2 Å². The second-order valence-electron chi connectivity index (χ2n) is 6.54. The first kappa shape index (κ1) is 18.5. The van der Waals surface area contributed by atoms with E-state index in [-0.39, 0.29) is 10.8 Å². The molecule has 0 spiro atoms. The van der Waals surface area contributed by atoms with E-state index in [9.17, 15) is 13.2 Å². The first-order chi connectivity index (χ1) is 12.4. The molecule has 1 atom stereocenters. The molecule has 0 N–H and O–H groups in total. The molecule has 0 aliphatic carbocycles. The lowest BCUT2D eigenvalue weighted by Crippen LogP contribution is -2.40. The van der Waals surface area contributed by atoms with Crippen molar-refractivity contribution in [2.75, 3.05) is 19.3 Å². The van der Waals surface area contributed by atoms with Crippen molar-refractivity contribution in [3.63, 3.8) is 0 Å². The van der Waals surface area contributed by atoms with Crippen LogP contribution in [0.3, 0.4) is 0 Å². The number of ether oxygens (including phenoxy) is 1. The summed E-state index contributed by atoms with van der Waals surface area (Å²) in [5.74, 6) is 0.416. The SMILES string of the molecule is CS(=O)(=O)c1ccc(OC(C(=O)N2CCCCC2)c2ccccc2)cc1. The zero-order valence-corrected chi connectivity index (χ0v) is 15.6. The zero-order chi connectivity index (χ0) is 18.6. The predicted octanol–water partition coefficient (Wildman–Crippen LogP) is 3.22. The molecule has 2 aromatic rings. The number of rotatable bonds is 5. The monoisotopic (exact) mass is 373 g/mol. The molecule has 3 rings (SSSR count).